The molecule has 1 heterocycles. The molecule has 0 spiro atoms. The molecule has 12 heteroatoms. The number of rotatable bonds is 10. The summed E-state index contributed by atoms with van der Waals surface area (Å²) in [5, 5.41) is 18.3. The van der Waals surface area contributed by atoms with Crippen molar-refractivity contribution >= 4 is 40.6 Å². The van der Waals surface area contributed by atoms with Gasteiger partial charge in [-0.1, -0.05) is 37.3 Å². The van der Waals surface area contributed by atoms with Crippen LogP contribution in [0.25, 0.3) is 0 Å². The highest BCUT2D eigenvalue weighted by molar-refractivity contribution is 6.06. The summed E-state index contributed by atoms with van der Waals surface area (Å²) >= 11 is 0. The molecular weight excluding hydrogens is 627 g/mol. The molecule has 0 saturated heterocycles. The zero-order valence-electron chi connectivity index (χ0n) is 27.7. The lowest BCUT2D eigenvalue weighted by Gasteiger charge is -2.38. The van der Waals surface area contributed by atoms with E-state index in [9.17, 15) is 23.9 Å². The third-order valence-electron chi connectivity index (χ3n) is 8.41. The van der Waals surface area contributed by atoms with Gasteiger partial charge in [-0.3, -0.25) is 14.5 Å². The van der Waals surface area contributed by atoms with Gasteiger partial charge in [0.2, 0.25) is 0 Å². The first-order valence-electron chi connectivity index (χ1n) is 16.0. The highest BCUT2D eigenvalue weighted by Gasteiger charge is 2.34. The molecule has 0 unspecified atom stereocenters. The number of likely N-dealkylation sites (N-methyl/N-ethyl adjacent to an activating group) is 1. The number of nitrogen functional groups attached to an aromatic ring is 1. The number of anilines is 4. The summed E-state index contributed by atoms with van der Waals surface area (Å²) < 4.78 is 20.0. The van der Waals surface area contributed by atoms with Crippen LogP contribution in [-0.2, 0) is 6.54 Å². The number of halogens is 1. The van der Waals surface area contributed by atoms with Crippen LogP contribution < -0.4 is 26.4 Å². The van der Waals surface area contributed by atoms with E-state index in [1.807, 2.05) is 26.1 Å². The fraction of sp³-hybridized carbons (Fsp3) is 0.270. The number of para-hydroxylation sites is 3. The predicted molar refractivity (Wildman–Crippen MR) is 188 cm³/mol. The summed E-state index contributed by atoms with van der Waals surface area (Å²) in [6, 6.07) is 23.6. The van der Waals surface area contributed by atoms with Crippen molar-refractivity contribution in [1.82, 2.24) is 9.80 Å². The van der Waals surface area contributed by atoms with Crippen LogP contribution in [-0.4, -0.2) is 71.6 Å². The molecule has 0 aliphatic carbocycles. The zero-order valence-corrected chi connectivity index (χ0v) is 27.7. The molecule has 5 rings (SSSR count). The Kier molecular flexibility index (Phi) is 11.1. The van der Waals surface area contributed by atoms with E-state index in [1.54, 1.807) is 66.4 Å². The van der Waals surface area contributed by atoms with Crippen molar-refractivity contribution in [1.29, 1.82) is 0 Å². The molecule has 0 fully saturated rings. The van der Waals surface area contributed by atoms with Crippen molar-refractivity contribution in [2.24, 2.45) is 5.92 Å². The van der Waals surface area contributed by atoms with Gasteiger partial charge in [0, 0.05) is 36.8 Å². The maximum Gasteiger partial charge on any atom is 0.323 e. The number of hydrogen-bond acceptors (Lipinski definition) is 7. The van der Waals surface area contributed by atoms with Crippen LogP contribution in [0, 0.1) is 11.7 Å². The third kappa shape index (κ3) is 8.72. The lowest BCUT2D eigenvalue weighted by Crippen LogP contribution is -2.49. The summed E-state index contributed by atoms with van der Waals surface area (Å²) in [6.45, 7) is 4.90. The number of nitrogens with zero attached hydrogens (tertiary/aromatic N) is 2. The molecule has 11 nitrogen and oxygen atoms in total. The lowest BCUT2D eigenvalue weighted by atomic mass is 9.98. The minimum Gasteiger partial charge on any atom is -0.486 e. The van der Waals surface area contributed by atoms with E-state index in [-0.39, 0.29) is 41.3 Å². The Morgan fingerprint density at radius 2 is 1.67 bits per heavy atom. The summed E-state index contributed by atoms with van der Waals surface area (Å²) in [5.41, 5.74) is 9.39. The maximum absolute atomic E-state index is 13.8. The van der Waals surface area contributed by atoms with Crippen LogP contribution in [0.3, 0.4) is 0 Å². The number of ether oxygens (including phenoxy) is 1. The highest BCUT2D eigenvalue weighted by Crippen LogP contribution is 2.35. The van der Waals surface area contributed by atoms with E-state index in [2.05, 4.69) is 20.9 Å². The van der Waals surface area contributed by atoms with E-state index in [0.717, 1.165) is 5.56 Å². The van der Waals surface area contributed by atoms with Gasteiger partial charge in [0.1, 0.15) is 11.9 Å². The number of urea groups is 1. The second kappa shape index (κ2) is 15.6. The standard InChI is InChI=1S/C37H41FN6O5/c1-23-19-44(24(2)22-45)36(47)29-7-6-10-32(42-37(48)40-28-17-15-27(38)16-18-28)34(29)49-33(23)21-43(3)20-25-11-13-26(14-12-25)35(46)41-31-9-5-4-8-30(31)39/h4-18,23-24,33,45H,19-22,39H2,1-3H3,(H,41,46)(H2,40,42,48)/t23-,24-,33-/m1/s1. The number of aliphatic hydroxyl groups is 1. The fourth-order valence-corrected chi connectivity index (χ4v) is 5.63. The second-order valence-corrected chi connectivity index (χ2v) is 12.3. The summed E-state index contributed by atoms with van der Waals surface area (Å²) in [6.07, 6.45) is -0.422. The minimum atomic E-state index is -0.593. The molecular formula is C37H41FN6O5. The Bertz CT molecular complexity index is 1790. The largest absolute Gasteiger partial charge is 0.486 e. The first-order chi connectivity index (χ1) is 23.5. The van der Waals surface area contributed by atoms with Crippen LogP contribution in [0.4, 0.5) is 31.9 Å². The molecule has 256 valence electrons. The van der Waals surface area contributed by atoms with Crippen molar-refractivity contribution in [2.45, 2.75) is 32.5 Å². The van der Waals surface area contributed by atoms with Crippen LogP contribution in [0.1, 0.15) is 40.1 Å². The number of hydrogen-bond donors (Lipinski definition) is 5. The molecule has 4 aromatic carbocycles. The number of fused-ring (bicyclic) bond motifs is 1. The predicted octanol–water partition coefficient (Wildman–Crippen LogP) is 5.66. The van der Waals surface area contributed by atoms with E-state index in [1.165, 1.54) is 24.3 Å². The third-order valence-corrected chi connectivity index (χ3v) is 8.41. The van der Waals surface area contributed by atoms with E-state index in [4.69, 9.17) is 10.5 Å². The number of nitrogens with one attached hydrogen (secondary N) is 3. The van der Waals surface area contributed by atoms with E-state index in [0.29, 0.717) is 42.3 Å². The smallest absolute Gasteiger partial charge is 0.323 e. The van der Waals surface area contributed by atoms with Gasteiger partial charge in [-0.15, -0.1) is 0 Å². The number of aliphatic hydroxyl groups excluding tert-OH is 1. The van der Waals surface area contributed by atoms with Gasteiger partial charge in [0.15, 0.2) is 5.75 Å². The first kappa shape index (κ1) is 34.9. The van der Waals surface area contributed by atoms with Crippen LogP contribution in [0.15, 0.2) is 91.0 Å². The van der Waals surface area contributed by atoms with Gasteiger partial charge in [-0.2, -0.15) is 0 Å². The van der Waals surface area contributed by atoms with Crippen molar-refractivity contribution in [3.8, 4) is 5.75 Å². The van der Waals surface area contributed by atoms with Crippen molar-refractivity contribution < 1.29 is 28.6 Å². The Balaban J connectivity index is 1.33. The van der Waals surface area contributed by atoms with Gasteiger partial charge in [-0.05, 0) is 80.2 Å². The van der Waals surface area contributed by atoms with Gasteiger partial charge >= 0.3 is 6.03 Å². The number of carbonyl (C=O) groups excluding carboxylic acids is 3. The Morgan fingerprint density at radius 1 is 0.980 bits per heavy atom. The second-order valence-electron chi connectivity index (χ2n) is 12.3. The van der Waals surface area contributed by atoms with Gasteiger partial charge < -0.3 is 36.4 Å². The van der Waals surface area contributed by atoms with Crippen molar-refractivity contribution in [2.75, 3.05) is 48.4 Å². The molecule has 49 heavy (non-hydrogen) atoms. The summed E-state index contributed by atoms with van der Waals surface area (Å²) in [7, 11) is 1.95. The SMILES string of the molecule is C[C@@H]1CN([C@H](C)CO)C(=O)c2cccc(NC(=O)Nc3ccc(F)cc3)c2O[C@@H]1CN(C)Cc1ccc(C(=O)Nc2ccccc2N)cc1. The average Bonchev–Trinajstić information content (AvgIpc) is 3.08. The monoisotopic (exact) mass is 668 g/mol. The first-order valence-corrected chi connectivity index (χ1v) is 16.0. The summed E-state index contributed by atoms with van der Waals surface area (Å²) in [4.78, 5) is 43.3. The quantitative estimate of drug-likeness (QED) is 0.137. The molecule has 4 aromatic rings. The Hall–Kier alpha value is -5.46. The van der Waals surface area contributed by atoms with Gasteiger partial charge in [-0.25, -0.2) is 9.18 Å². The van der Waals surface area contributed by atoms with Crippen LogP contribution >= 0.6 is 0 Å². The Labute approximate surface area is 284 Å². The minimum absolute atomic E-state index is 0.161. The molecule has 0 bridgehead atoms. The fourth-order valence-electron chi connectivity index (χ4n) is 5.63. The van der Waals surface area contributed by atoms with Crippen molar-refractivity contribution in [3.05, 3.63) is 114 Å². The normalized spacial score (nSPS) is 16.5. The molecule has 0 saturated carbocycles. The maximum atomic E-state index is 13.8. The number of nitrogens with two attached hydrogens (primary N) is 1. The van der Waals surface area contributed by atoms with Gasteiger partial charge in [0.25, 0.3) is 11.8 Å². The number of carbonyl (C=O) groups is 3. The molecule has 0 radical (unpaired) electrons. The molecule has 3 atom stereocenters. The zero-order chi connectivity index (χ0) is 35.1. The van der Waals surface area contributed by atoms with Gasteiger partial charge in [0.05, 0.1) is 35.3 Å². The lowest BCUT2D eigenvalue weighted by molar-refractivity contribution is 0.0343. The molecule has 4 amide bonds. The van der Waals surface area contributed by atoms with Crippen molar-refractivity contribution in [3.63, 3.8) is 0 Å². The molecule has 6 N–H and O–H groups in total. The molecule has 0 aromatic heterocycles. The highest BCUT2D eigenvalue weighted by atomic mass is 19.1. The summed E-state index contributed by atoms with van der Waals surface area (Å²) in [5.74, 6) is -0.956. The van der Waals surface area contributed by atoms with Crippen LogP contribution in [0.2, 0.25) is 0 Å². The van der Waals surface area contributed by atoms with Crippen LogP contribution in [0.5, 0.6) is 5.75 Å². The number of benzene rings is 4. The van der Waals surface area contributed by atoms with E-state index < -0.39 is 24.0 Å². The molecule has 1 aliphatic heterocycles. The number of amides is 4. The topological polar surface area (TPSA) is 149 Å². The van der Waals surface area contributed by atoms with E-state index >= 15 is 0 Å². The molecule has 1 aliphatic rings. The Morgan fingerprint density at radius 3 is 2.37 bits per heavy atom. The average molecular weight is 669 g/mol.